The first kappa shape index (κ1) is 14.4. The standard InChI is InChI=1S/C15H16N2O2S/c1-11-3-6-14(9-12(11)2)17-10-13-4-7-15(8-5-13)20(16,18)19/h3-10H,1-2H3,(H2,16,18,19)/b17-10+. The number of nitrogens with zero attached hydrogens (tertiary/aromatic N) is 1. The zero-order valence-electron chi connectivity index (χ0n) is 11.4. The van der Waals surface area contributed by atoms with E-state index < -0.39 is 10.0 Å². The van der Waals surface area contributed by atoms with Crippen LogP contribution < -0.4 is 5.14 Å². The molecule has 0 atom stereocenters. The highest BCUT2D eigenvalue weighted by Gasteiger charge is 2.05. The van der Waals surface area contributed by atoms with Gasteiger partial charge in [0.15, 0.2) is 0 Å². The Morgan fingerprint density at radius 3 is 2.20 bits per heavy atom. The van der Waals surface area contributed by atoms with E-state index in [0.717, 1.165) is 11.3 Å². The maximum absolute atomic E-state index is 11.1. The lowest BCUT2D eigenvalue weighted by Gasteiger charge is -2.01. The molecule has 0 spiro atoms. The number of aryl methyl sites for hydroxylation is 2. The first-order chi connectivity index (χ1) is 9.36. The van der Waals surface area contributed by atoms with Crippen LogP contribution in [0.3, 0.4) is 0 Å². The van der Waals surface area contributed by atoms with Crippen molar-refractivity contribution in [1.82, 2.24) is 0 Å². The van der Waals surface area contributed by atoms with Crippen LogP contribution >= 0.6 is 0 Å². The molecule has 2 aromatic rings. The molecule has 0 aliphatic rings. The van der Waals surface area contributed by atoms with Crippen molar-refractivity contribution >= 4 is 21.9 Å². The van der Waals surface area contributed by atoms with E-state index >= 15 is 0 Å². The molecule has 4 nitrogen and oxygen atoms in total. The third-order valence-electron chi connectivity index (χ3n) is 3.06. The van der Waals surface area contributed by atoms with Gasteiger partial charge >= 0.3 is 0 Å². The van der Waals surface area contributed by atoms with Crippen LogP contribution in [0.4, 0.5) is 5.69 Å². The van der Waals surface area contributed by atoms with Crippen molar-refractivity contribution in [3.63, 3.8) is 0 Å². The Hall–Kier alpha value is -1.98. The number of rotatable bonds is 3. The number of primary sulfonamides is 1. The Morgan fingerprint density at radius 1 is 1.00 bits per heavy atom. The maximum Gasteiger partial charge on any atom is 0.238 e. The van der Waals surface area contributed by atoms with E-state index in [1.165, 1.54) is 23.3 Å². The summed E-state index contributed by atoms with van der Waals surface area (Å²) >= 11 is 0. The Kier molecular flexibility index (Phi) is 4.01. The molecule has 104 valence electrons. The molecule has 0 radical (unpaired) electrons. The predicted octanol–water partition coefficient (Wildman–Crippen LogP) is 2.70. The van der Waals surface area contributed by atoms with Crippen molar-refractivity contribution in [2.75, 3.05) is 0 Å². The van der Waals surface area contributed by atoms with E-state index in [2.05, 4.69) is 11.9 Å². The van der Waals surface area contributed by atoms with Crippen molar-refractivity contribution in [3.8, 4) is 0 Å². The van der Waals surface area contributed by atoms with Crippen molar-refractivity contribution in [2.24, 2.45) is 10.1 Å². The summed E-state index contributed by atoms with van der Waals surface area (Å²) in [6.45, 7) is 4.09. The van der Waals surface area contributed by atoms with Gasteiger partial charge in [-0.1, -0.05) is 18.2 Å². The summed E-state index contributed by atoms with van der Waals surface area (Å²) in [5.41, 5.74) is 4.09. The van der Waals surface area contributed by atoms with Crippen LogP contribution in [0.25, 0.3) is 0 Å². The molecule has 0 aliphatic carbocycles. The van der Waals surface area contributed by atoms with Gasteiger partial charge < -0.3 is 0 Å². The maximum atomic E-state index is 11.1. The average molecular weight is 288 g/mol. The highest BCUT2D eigenvalue weighted by molar-refractivity contribution is 7.89. The van der Waals surface area contributed by atoms with E-state index in [-0.39, 0.29) is 4.90 Å². The van der Waals surface area contributed by atoms with Gasteiger partial charge in [0.05, 0.1) is 10.6 Å². The molecule has 0 fully saturated rings. The fraction of sp³-hybridized carbons (Fsp3) is 0.133. The van der Waals surface area contributed by atoms with Gasteiger partial charge in [0, 0.05) is 6.21 Å². The van der Waals surface area contributed by atoms with Crippen LogP contribution in [0, 0.1) is 13.8 Å². The van der Waals surface area contributed by atoms with Crippen LogP contribution in [-0.4, -0.2) is 14.6 Å². The summed E-state index contributed by atoms with van der Waals surface area (Å²) in [6, 6.07) is 12.2. The Bertz CT molecular complexity index is 748. The van der Waals surface area contributed by atoms with Gasteiger partial charge in [0.1, 0.15) is 0 Å². The molecule has 2 N–H and O–H groups in total. The van der Waals surface area contributed by atoms with Crippen molar-refractivity contribution in [2.45, 2.75) is 18.7 Å². The molecule has 0 saturated heterocycles. The van der Waals surface area contributed by atoms with E-state index in [4.69, 9.17) is 5.14 Å². The monoisotopic (exact) mass is 288 g/mol. The van der Waals surface area contributed by atoms with E-state index in [1.807, 2.05) is 25.1 Å². The molecule has 0 unspecified atom stereocenters. The SMILES string of the molecule is Cc1ccc(/N=C/c2ccc(S(N)(=O)=O)cc2)cc1C. The lowest BCUT2D eigenvalue weighted by molar-refractivity contribution is 0.598. The first-order valence-corrected chi connectivity index (χ1v) is 7.65. The molecule has 0 saturated carbocycles. The largest absolute Gasteiger partial charge is 0.256 e. The van der Waals surface area contributed by atoms with Gasteiger partial charge in [-0.2, -0.15) is 0 Å². The second-order valence-electron chi connectivity index (χ2n) is 4.64. The summed E-state index contributed by atoms with van der Waals surface area (Å²) < 4.78 is 22.3. The topological polar surface area (TPSA) is 72.5 Å². The summed E-state index contributed by atoms with van der Waals surface area (Å²) in [7, 11) is -3.64. The predicted molar refractivity (Wildman–Crippen MR) is 81.0 cm³/mol. The molecule has 20 heavy (non-hydrogen) atoms. The van der Waals surface area contributed by atoms with Gasteiger partial charge in [-0.15, -0.1) is 0 Å². The molecule has 0 aliphatic heterocycles. The fourth-order valence-electron chi connectivity index (χ4n) is 1.70. The molecule has 0 heterocycles. The summed E-state index contributed by atoms with van der Waals surface area (Å²) in [5, 5.41) is 5.04. The quantitative estimate of drug-likeness (QED) is 0.882. The van der Waals surface area contributed by atoms with Crippen LogP contribution in [0.2, 0.25) is 0 Å². The number of aliphatic imine (C=N–C) groups is 1. The molecule has 5 heteroatoms. The number of benzene rings is 2. The minimum Gasteiger partial charge on any atom is -0.256 e. The lowest BCUT2D eigenvalue weighted by atomic mass is 10.1. The van der Waals surface area contributed by atoms with Crippen LogP contribution in [-0.2, 0) is 10.0 Å². The second kappa shape index (κ2) is 5.56. The summed E-state index contributed by atoms with van der Waals surface area (Å²) in [4.78, 5) is 4.46. The highest BCUT2D eigenvalue weighted by Crippen LogP contribution is 2.17. The summed E-state index contributed by atoms with van der Waals surface area (Å²) in [5.74, 6) is 0. The number of hydrogen-bond acceptors (Lipinski definition) is 3. The molecule has 0 amide bonds. The molecular weight excluding hydrogens is 272 g/mol. The molecule has 2 aromatic carbocycles. The minimum absolute atomic E-state index is 0.0980. The van der Waals surface area contributed by atoms with Gasteiger partial charge in [0.2, 0.25) is 10.0 Å². The number of hydrogen-bond donors (Lipinski definition) is 1. The van der Waals surface area contributed by atoms with Crippen LogP contribution in [0.15, 0.2) is 52.4 Å². The van der Waals surface area contributed by atoms with Crippen LogP contribution in [0.1, 0.15) is 16.7 Å². The minimum atomic E-state index is -3.64. The van der Waals surface area contributed by atoms with Crippen molar-refractivity contribution < 1.29 is 8.42 Å². The average Bonchev–Trinajstić information content (AvgIpc) is 2.40. The Balaban J connectivity index is 2.21. The van der Waals surface area contributed by atoms with Gasteiger partial charge in [0.25, 0.3) is 0 Å². The number of nitrogens with two attached hydrogens (primary N) is 1. The third kappa shape index (κ3) is 3.53. The Morgan fingerprint density at radius 2 is 1.65 bits per heavy atom. The van der Waals surface area contributed by atoms with Crippen molar-refractivity contribution in [3.05, 3.63) is 59.2 Å². The van der Waals surface area contributed by atoms with E-state index in [1.54, 1.807) is 18.3 Å². The zero-order chi connectivity index (χ0) is 14.8. The molecular formula is C15H16N2O2S. The van der Waals surface area contributed by atoms with Crippen molar-refractivity contribution in [1.29, 1.82) is 0 Å². The van der Waals surface area contributed by atoms with Gasteiger partial charge in [-0.3, -0.25) is 4.99 Å². The smallest absolute Gasteiger partial charge is 0.238 e. The molecule has 2 rings (SSSR count). The third-order valence-corrected chi connectivity index (χ3v) is 3.99. The zero-order valence-corrected chi connectivity index (χ0v) is 12.2. The summed E-state index contributed by atoms with van der Waals surface area (Å²) in [6.07, 6.45) is 1.69. The van der Waals surface area contributed by atoms with Gasteiger partial charge in [-0.25, -0.2) is 13.6 Å². The van der Waals surface area contributed by atoms with Crippen LogP contribution in [0.5, 0.6) is 0 Å². The Labute approximate surface area is 119 Å². The second-order valence-corrected chi connectivity index (χ2v) is 6.20. The van der Waals surface area contributed by atoms with Gasteiger partial charge in [-0.05, 0) is 54.8 Å². The fourth-order valence-corrected chi connectivity index (χ4v) is 2.21. The molecule has 0 bridgehead atoms. The number of sulfonamides is 1. The van der Waals surface area contributed by atoms with E-state index in [9.17, 15) is 8.42 Å². The van der Waals surface area contributed by atoms with E-state index in [0.29, 0.717) is 0 Å². The first-order valence-electron chi connectivity index (χ1n) is 6.10. The lowest BCUT2D eigenvalue weighted by Crippen LogP contribution is -2.11. The molecule has 0 aromatic heterocycles. The normalized spacial score (nSPS) is 11.9. The highest BCUT2D eigenvalue weighted by atomic mass is 32.2.